The van der Waals surface area contributed by atoms with Crippen molar-refractivity contribution in [2.24, 2.45) is 4.99 Å². The van der Waals surface area contributed by atoms with Crippen LogP contribution in [0.15, 0.2) is 4.99 Å². The first-order valence-corrected chi connectivity index (χ1v) is 9.64. The Kier molecular flexibility index (Phi) is 10.3. The summed E-state index contributed by atoms with van der Waals surface area (Å²) in [6, 6.07) is 0.443. The van der Waals surface area contributed by atoms with Gasteiger partial charge in [-0.3, -0.25) is 9.79 Å². The molecule has 0 radical (unpaired) electrons. The van der Waals surface area contributed by atoms with Crippen LogP contribution in [0.5, 0.6) is 0 Å². The van der Waals surface area contributed by atoms with E-state index in [0.29, 0.717) is 19.0 Å². The Morgan fingerprint density at radius 1 is 1.32 bits per heavy atom. The molecule has 0 saturated heterocycles. The highest BCUT2D eigenvalue weighted by Crippen LogP contribution is 2.18. The Morgan fingerprint density at radius 2 is 2.08 bits per heavy atom. The number of aliphatic imine (C=N–C) groups is 1. The number of halogens is 1. The maximum absolute atomic E-state index is 11.6. The third-order valence-corrected chi connectivity index (χ3v) is 4.96. The molecule has 0 spiro atoms. The SMILES string of the molecule is CCNC(=NCCCC(=O)NC1CC1)NCCc1nc(C)c(C)s1.I. The van der Waals surface area contributed by atoms with Crippen molar-refractivity contribution in [2.75, 3.05) is 19.6 Å². The van der Waals surface area contributed by atoms with Crippen LogP contribution in [0.3, 0.4) is 0 Å². The summed E-state index contributed by atoms with van der Waals surface area (Å²) in [5.74, 6) is 0.963. The Balaban J connectivity index is 0.00000312. The summed E-state index contributed by atoms with van der Waals surface area (Å²) >= 11 is 1.76. The molecule has 1 aliphatic rings. The lowest BCUT2D eigenvalue weighted by molar-refractivity contribution is -0.121. The lowest BCUT2D eigenvalue weighted by Gasteiger charge is -2.10. The van der Waals surface area contributed by atoms with Gasteiger partial charge in [-0.1, -0.05) is 0 Å². The summed E-state index contributed by atoms with van der Waals surface area (Å²) in [6.45, 7) is 8.49. The van der Waals surface area contributed by atoms with Crippen LogP contribution in [-0.4, -0.2) is 42.5 Å². The first kappa shape index (κ1) is 22.1. The van der Waals surface area contributed by atoms with E-state index in [1.165, 1.54) is 4.88 Å². The van der Waals surface area contributed by atoms with Crippen molar-refractivity contribution in [2.45, 2.75) is 58.9 Å². The van der Waals surface area contributed by atoms with Gasteiger partial charge in [0.15, 0.2) is 5.96 Å². The van der Waals surface area contributed by atoms with Gasteiger partial charge in [0.05, 0.1) is 10.7 Å². The minimum Gasteiger partial charge on any atom is -0.357 e. The Morgan fingerprint density at radius 3 is 2.68 bits per heavy atom. The lowest BCUT2D eigenvalue weighted by Crippen LogP contribution is -2.38. The number of amides is 1. The number of thiazole rings is 1. The van der Waals surface area contributed by atoms with Crippen molar-refractivity contribution in [1.82, 2.24) is 20.9 Å². The number of aromatic nitrogens is 1. The molecule has 0 aromatic carbocycles. The van der Waals surface area contributed by atoms with Crippen molar-refractivity contribution in [3.05, 3.63) is 15.6 Å². The van der Waals surface area contributed by atoms with Crippen molar-refractivity contribution in [1.29, 1.82) is 0 Å². The molecule has 1 amide bonds. The number of nitrogens with zero attached hydrogens (tertiary/aromatic N) is 2. The predicted molar refractivity (Wildman–Crippen MR) is 115 cm³/mol. The van der Waals surface area contributed by atoms with Gasteiger partial charge in [-0.15, -0.1) is 35.3 Å². The number of hydrogen-bond donors (Lipinski definition) is 3. The van der Waals surface area contributed by atoms with E-state index >= 15 is 0 Å². The van der Waals surface area contributed by atoms with Crippen LogP contribution < -0.4 is 16.0 Å². The van der Waals surface area contributed by atoms with E-state index in [1.807, 2.05) is 13.8 Å². The highest BCUT2D eigenvalue weighted by Gasteiger charge is 2.22. The van der Waals surface area contributed by atoms with Crippen LogP contribution in [0.25, 0.3) is 0 Å². The molecule has 1 saturated carbocycles. The van der Waals surface area contributed by atoms with Crippen LogP contribution in [0.4, 0.5) is 0 Å². The third kappa shape index (κ3) is 8.84. The minimum absolute atomic E-state index is 0. The average molecular weight is 479 g/mol. The van der Waals surface area contributed by atoms with Crippen LogP contribution in [0.1, 0.15) is 48.2 Å². The fourth-order valence-corrected chi connectivity index (χ4v) is 3.17. The van der Waals surface area contributed by atoms with Gasteiger partial charge in [0, 0.05) is 43.4 Å². The molecule has 1 aliphatic carbocycles. The van der Waals surface area contributed by atoms with E-state index in [1.54, 1.807) is 11.3 Å². The largest absolute Gasteiger partial charge is 0.357 e. The van der Waals surface area contributed by atoms with E-state index < -0.39 is 0 Å². The molecule has 1 aromatic rings. The molecule has 2 rings (SSSR count). The summed E-state index contributed by atoms with van der Waals surface area (Å²) in [7, 11) is 0. The van der Waals surface area contributed by atoms with Gasteiger partial charge in [-0.2, -0.15) is 0 Å². The van der Waals surface area contributed by atoms with Gasteiger partial charge in [0.2, 0.25) is 5.91 Å². The highest BCUT2D eigenvalue weighted by atomic mass is 127. The number of guanidine groups is 1. The second kappa shape index (κ2) is 11.7. The monoisotopic (exact) mass is 479 g/mol. The number of rotatable bonds is 9. The van der Waals surface area contributed by atoms with Crippen LogP contribution in [0.2, 0.25) is 0 Å². The van der Waals surface area contributed by atoms with Gasteiger partial charge >= 0.3 is 0 Å². The number of nitrogens with one attached hydrogen (secondary N) is 3. The van der Waals surface area contributed by atoms with Gasteiger partial charge in [0.25, 0.3) is 0 Å². The molecular weight excluding hydrogens is 449 g/mol. The highest BCUT2D eigenvalue weighted by molar-refractivity contribution is 14.0. The molecule has 3 N–H and O–H groups in total. The fourth-order valence-electron chi connectivity index (χ4n) is 2.23. The first-order chi connectivity index (χ1) is 11.6. The zero-order valence-corrected chi connectivity index (χ0v) is 18.5. The number of carbonyl (C=O) groups is 1. The number of aryl methyl sites for hydroxylation is 2. The summed E-state index contributed by atoms with van der Waals surface area (Å²) in [6.07, 6.45) is 4.50. The smallest absolute Gasteiger partial charge is 0.220 e. The number of carbonyl (C=O) groups excluding carboxylic acids is 1. The van der Waals surface area contributed by atoms with Crippen molar-refractivity contribution in [3.8, 4) is 0 Å². The summed E-state index contributed by atoms with van der Waals surface area (Å²) in [5.41, 5.74) is 1.13. The minimum atomic E-state index is 0. The molecule has 142 valence electrons. The second-order valence-corrected chi connectivity index (χ2v) is 7.42. The van der Waals surface area contributed by atoms with Crippen molar-refractivity contribution < 1.29 is 4.79 Å². The Bertz CT molecular complexity index is 552. The van der Waals surface area contributed by atoms with E-state index in [4.69, 9.17) is 0 Å². The quantitative estimate of drug-likeness (QED) is 0.220. The molecule has 6 nitrogen and oxygen atoms in total. The molecule has 25 heavy (non-hydrogen) atoms. The molecular formula is C17H30IN5OS. The molecule has 8 heteroatoms. The number of hydrogen-bond acceptors (Lipinski definition) is 4. The first-order valence-electron chi connectivity index (χ1n) is 8.83. The molecule has 1 heterocycles. The van der Waals surface area contributed by atoms with E-state index in [9.17, 15) is 4.79 Å². The van der Waals surface area contributed by atoms with E-state index in [0.717, 1.165) is 55.4 Å². The summed E-state index contributed by atoms with van der Waals surface area (Å²) < 4.78 is 0. The summed E-state index contributed by atoms with van der Waals surface area (Å²) in [5, 5.41) is 10.7. The van der Waals surface area contributed by atoms with Crippen molar-refractivity contribution in [3.63, 3.8) is 0 Å². The maximum Gasteiger partial charge on any atom is 0.220 e. The normalized spacial score (nSPS) is 14.0. The fraction of sp³-hybridized carbons (Fsp3) is 0.706. The molecule has 0 aliphatic heterocycles. The third-order valence-electron chi connectivity index (χ3n) is 3.82. The molecule has 1 aromatic heterocycles. The molecule has 0 unspecified atom stereocenters. The predicted octanol–water partition coefficient (Wildman–Crippen LogP) is 2.53. The van der Waals surface area contributed by atoms with Gasteiger partial charge in [-0.25, -0.2) is 4.98 Å². The van der Waals surface area contributed by atoms with E-state index in [2.05, 4.69) is 32.9 Å². The molecule has 0 bridgehead atoms. The standard InChI is InChI=1S/C17H29N5OS.HI/c1-4-18-17(19-10-5-6-15(23)22-14-7-8-14)20-11-9-16-21-12(2)13(3)24-16;/h14H,4-11H2,1-3H3,(H,22,23)(H2,18,19,20);1H. The van der Waals surface area contributed by atoms with E-state index in [-0.39, 0.29) is 29.9 Å². The van der Waals surface area contributed by atoms with Gasteiger partial charge in [-0.05, 0) is 40.0 Å². The second-order valence-electron chi connectivity index (χ2n) is 6.13. The zero-order chi connectivity index (χ0) is 17.4. The molecule has 0 atom stereocenters. The Hall–Kier alpha value is -0.900. The van der Waals surface area contributed by atoms with Crippen LogP contribution in [-0.2, 0) is 11.2 Å². The summed E-state index contributed by atoms with van der Waals surface area (Å²) in [4.78, 5) is 22.0. The topological polar surface area (TPSA) is 78.4 Å². The van der Waals surface area contributed by atoms with Gasteiger partial charge in [0.1, 0.15) is 0 Å². The van der Waals surface area contributed by atoms with Crippen LogP contribution in [0, 0.1) is 13.8 Å². The lowest BCUT2D eigenvalue weighted by atomic mass is 10.3. The zero-order valence-electron chi connectivity index (χ0n) is 15.4. The Labute approximate surface area is 171 Å². The average Bonchev–Trinajstić information content (AvgIpc) is 3.29. The van der Waals surface area contributed by atoms with Gasteiger partial charge < -0.3 is 16.0 Å². The molecule has 1 fully saturated rings. The van der Waals surface area contributed by atoms with Crippen molar-refractivity contribution >= 4 is 47.2 Å². The van der Waals surface area contributed by atoms with Crippen LogP contribution >= 0.6 is 35.3 Å². The maximum atomic E-state index is 11.6.